The standard InChI is InChI=1S/C17H19N5O2/c1-11-7-19-12(2)16(20-11)21-9-14-15(10-21)24-17(23)22(14)8-13-5-3-4-6-18-13/h3-7,14-15H,8-10H2,1-2H3/t14-,15+/m0/s1. The van der Waals surface area contributed by atoms with Crippen molar-refractivity contribution in [3.63, 3.8) is 0 Å². The van der Waals surface area contributed by atoms with Gasteiger partial charge in [-0.05, 0) is 26.0 Å². The van der Waals surface area contributed by atoms with Crippen molar-refractivity contribution >= 4 is 11.9 Å². The average molecular weight is 325 g/mol. The van der Waals surface area contributed by atoms with Gasteiger partial charge >= 0.3 is 6.09 Å². The second kappa shape index (κ2) is 5.74. The molecule has 2 aliphatic heterocycles. The zero-order chi connectivity index (χ0) is 16.7. The van der Waals surface area contributed by atoms with Crippen LogP contribution in [-0.2, 0) is 11.3 Å². The summed E-state index contributed by atoms with van der Waals surface area (Å²) in [5.74, 6) is 0.873. The summed E-state index contributed by atoms with van der Waals surface area (Å²) >= 11 is 0. The van der Waals surface area contributed by atoms with Crippen LogP contribution >= 0.6 is 0 Å². The zero-order valence-electron chi connectivity index (χ0n) is 13.7. The summed E-state index contributed by atoms with van der Waals surface area (Å²) in [4.78, 5) is 29.4. The van der Waals surface area contributed by atoms with Crippen molar-refractivity contribution < 1.29 is 9.53 Å². The lowest BCUT2D eigenvalue weighted by Gasteiger charge is -2.23. The largest absolute Gasteiger partial charge is 0.442 e. The van der Waals surface area contributed by atoms with E-state index < -0.39 is 0 Å². The van der Waals surface area contributed by atoms with E-state index in [0.29, 0.717) is 19.6 Å². The summed E-state index contributed by atoms with van der Waals surface area (Å²) in [5, 5.41) is 0. The Kier molecular flexibility index (Phi) is 3.55. The van der Waals surface area contributed by atoms with E-state index in [0.717, 1.165) is 22.9 Å². The molecule has 2 saturated heterocycles. The summed E-state index contributed by atoms with van der Waals surface area (Å²) in [6.45, 7) is 5.69. The van der Waals surface area contributed by atoms with Crippen LogP contribution in [0.25, 0.3) is 0 Å². The van der Waals surface area contributed by atoms with Crippen molar-refractivity contribution in [2.24, 2.45) is 0 Å². The molecule has 0 saturated carbocycles. The summed E-state index contributed by atoms with van der Waals surface area (Å²) in [6, 6.07) is 5.73. The smallest absolute Gasteiger partial charge is 0.410 e. The predicted molar refractivity (Wildman–Crippen MR) is 87.6 cm³/mol. The van der Waals surface area contributed by atoms with E-state index in [4.69, 9.17) is 4.74 Å². The van der Waals surface area contributed by atoms with Crippen LogP contribution in [-0.4, -0.2) is 51.2 Å². The molecule has 2 aromatic rings. The summed E-state index contributed by atoms with van der Waals surface area (Å²) in [5.41, 5.74) is 2.64. The Morgan fingerprint density at radius 2 is 2.12 bits per heavy atom. The van der Waals surface area contributed by atoms with Crippen molar-refractivity contribution in [1.82, 2.24) is 19.9 Å². The Balaban J connectivity index is 1.54. The fraction of sp³-hybridized carbons (Fsp3) is 0.412. The zero-order valence-corrected chi connectivity index (χ0v) is 13.7. The van der Waals surface area contributed by atoms with Crippen molar-refractivity contribution in [2.75, 3.05) is 18.0 Å². The molecule has 0 N–H and O–H groups in total. The molecule has 0 bridgehead atoms. The highest BCUT2D eigenvalue weighted by atomic mass is 16.6. The molecular weight excluding hydrogens is 306 g/mol. The number of amides is 1. The van der Waals surface area contributed by atoms with Gasteiger partial charge in [-0.25, -0.2) is 9.78 Å². The van der Waals surface area contributed by atoms with Crippen LogP contribution in [0.5, 0.6) is 0 Å². The minimum Gasteiger partial charge on any atom is -0.442 e. The van der Waals surface area contributed by atoms with Gasteiger partial charge in [-0.15, -0.1) is 0 Å². The second-order valence-corrected chi connectivity index (χ2v) is 6.26. The first-order valence-corrected chi connectivity index (χ1v) is 8.04. The molecule has 2 fully saturated rings. The van der Waals surface area contributed by atoms with Crippen LogP contribution in [0.3, 0.4) is 0 Å². The monoisotopic (exact) mass is 325 g/mol. The van der Waals surface area contributed by atoms with Crippen molar-refractivity contribution in [3.05, 3.63) is 47.7 Å². The number of hydrogen-bond acceptors (Lipinski definition) is 6. The van der Waals surface area contributed by atoms with Gasteiger partial charge in [0.1, 0.15) is 6.10 Å². The lowest BCUT2D eigenvalue weighted by molar-refractivity contribution is 0.135. The molecule has 0 unspecified atom stereocenters. The van der Waals surface area contributed by atoms with Crippen LogP contribution in [0.15, 0.2) is 30.6 Å². The van der Waals surface area contributed by atoms with Gasteiger partial charge in [0.15, 0.2) is 5.82 Å². The number of anilines is 1. The van der Waals surface area contributed by atoms with Crippen LogP contribution in [0.2, 0.25) is 0 Å². The maximum Gasteiger partial charge on any atom is 0.410 e. The lowest BCUT2D eigenvalue weighted by atomic mass is 10.2. The van der Waals surface area contributed by atoms with Crippen molar-refractivity contribution in [2.45, 2.75) is 32.5 Å². The van der Waals surface area contributed by atoms with E-state index in [1.54, 1.807) is 17.3 Å². The minimum atomic E-state index is -0.262. The average Bonchev–Trinajstić information content (AvgIpc) is 3.10. The highest BCUT2D eigenvalue weighted by molar-refractivity contribution is 5.71. The highest BCUT2D eigenvalue weighted by Gasteiger charge is 2.48. The molecule has 0 radical (unpaired) electrons. The molecule has 1 amide bonds. The van der Waals surface area contributed by atoms with Crippen LogP contribution in [0.4, 0.5) is 10.6 Å². The van der Waals surface area contributed by atoms with Gasteiger partial charge in [-0.1, -0.05) is 6.07 Å². The molecule has 2 aromatic heterocycles. The first-order chi connectivity index (χ1) is 11.6. The highest BCUT2D eigenvalue weighted by Crippen LogP contribution is 2.31. The van der Waals surface area contributed by atoms with Gasteiger partial charge in [0.2, 0.25) is 0 Å². The molecule has 124 valence electrons. The van der Waals surface area contributed by atoms with Crippen LogP contribution < -0.4 is 4.90 Å². The molecule has 0 spiro atoms. The SMILES string of the molecule is Cc1cnc(C)c(N2C[C@H]3OC(=O)N(Cc4ccccn4)[C@H]3C2)n1. The molecule has 2 atom stereocenters. The Labute approximate surface area is 140 Å². The summed E-state index contributed by atoms with van der Waals surface area (Å²) < 4.78 is 5.56. The molecule has 0 aliphatic carbocycles. The number of pyridine rings is 1. The predicted octanol–water partition coefficient (Wildman–Crippen LogP) is 1.70. The third-order valence-electron chi connectivity index (χ3n) is 4.53. The quantitative estimate of drug-likeness (QED) is 0.855. The van der Waals surface area contributed by atoms with Gasteiger partial charge in [0, 0.05) is 18.9 Å². The summed E-state index contributed by atoms with van der Waals surface area (Å²) in [6.07, 6.45) is 3.11. The topological polar surface area (TPSA) is 71.5 Å². The first kappa shape index (κ1) is 14.9. The van der Waals surface area contributed by atoms with E-state index in [1.165, 1.54) is 0 Å². The third kappa shape index (κ3) is 2.55. The van der Waals surface area contributed by atoms with Gasteiger partial charge in [-0.2, -0.15) is 0 Å². The molecule has 4 heterocycles. The Morgan fingerprint density at radius 3 is 2.92 bits per heavy atom. The molecule has 2 aliphatic rings. The maximum absolute atomic E-state index is 12.2. The van der Waals surface area contributed by atoms with E-state index in [2.05, 4.69) is 19.9 Å². The van der Waals surface area contributed by atoms with E-state index in [1.807, 2.05) is 32.0 Å². The van der Waals surface area contributed by atoms with Crippen LogP contribution in [0, 0.1) is 13.8 Å². The Morgan fingerprint density at radius 1 is 1.25 bits per heavy atom. The first-order valence-electron chi connectivity index (χ1n) is 8.04. The number of hydrogen-bond donors (Lipinski definition) is 0. The molecule has 4 rings (SSSR count). The number of carbonyl (C=O) groups is 1. The number of nitrogens with zero attached hydrogens (tertiary/aromatic N) is 5. The number of aromatic nitrogens is 3. The van der Waals surface area contributed by atoms with Crippen LogP contribution in [0.1, 0.15) is 17.1 Å². The number of aryl methyl sites for hydroxylation is 2. The number of ether oxygens (including phenoxy) is 1. The molecule has 7 nitrogen and oxygen atoms in total. The number of fused-ring (bicyclic) bond motifs is 1. The van der Waals surface area contributed by atoms with E-state index >= 15 is 0 Å². The van der Waals surface area contributed by atoms with Crippen molar-refractivity contribution in [1.29, 1.82) is 0 Å². The molecular formula is C17H19N5O2. The minimum absolute atomic E-state index is 0.0150. The lowest BCUT2D eigenvalue weighted by Crippen LogP contribution is -2.38. The Bertz CT molecular complexity index is 767. The van der Waals surface area contributed by atoms with Gasteiger partial charge < -0.3 is 9.64 Å². The van der Waals surface area contributed by atoms with Gasteiger partial charge in [0.05, 0.1) is 36.2 Å². The molecule has 0 aromatic carbocycles. The number of carbonyl (C=O) groups excluding carboxylic acids is 1. The normalized spacial score (nSPS) is 22.7. The third-order valence-corrected chi connectivity index (χ3v) is 4.53. The fourth-order valence-electron chi connectivity index (χ4n) is 3.35. The number of rotatable bonds is 3. The van der Waals surface area contributed by atoms with Gasteiger partial charge in [0.25, 0.3) is 0 Å². The summed E-state index contributed by atoms with van der Waals surface area (Å²) in [7, 11) is 0. The Hall–Kier alpha value is -2.70. The molecule has 24 heavy (non-hydrogen) atoms. The maximum atomic E-state index is 12.2. The van der Waals surface area contributed by atoms with E-state index in [9.17, 15) is 4.79 Å². The molecule has 7 heteroatoms. The second-order valence-electron chi connectivity index (χ2n) is 6.26. The van der Waals surface area contributed by atoms with Gasteiger partial charge in [-0.3, -0.25) is 14.9 Å². The van der Waals surface area contributed by atoms with Crippen molar-refractivity contribution in [3.8, 4) is 0 Å². The fourth-order valence-corrected chi connectivity index (χ4v) is 3.35. The van der Waals surface area contributed by atoms with E-state index in [-0.39, 0.29) is 18.2 Å².